The average molecular weight is 309 g/mol. The zero-order chi connectivity index (χ0) is 13.4. The zero-order valence-electron chi connectivity index (χ0n) is 10.9. The van der Waals surface area contributed by atoms with Crippen molar-refractivity contribution in [2.45, 2.75) is 18.2 Å². The summed E-state index contributed by atoms with van der Waals surface area (Å²) >= 11 is 3.26. The maximum absolute atomic E-state index is 11.6. The predicted molar refractivity (Wildman–Crippen MR) is 70.2 cm³/mol. The van der Waals surface area contributed by atoms with Gasteiger partial charge in [-0.3, -0.25) is 14.5 Å². The Hall–Kier alpha value is -0.620. The second kappa shape index (κ2) is 8.47. The van der Waals surface area contributed by atoms with E-state index in [0.29, 0.717) is 13.1 Å². The molecular formula is C11H21BrN2O3. The summed E-state index contributed by atoms with van der Waals surface area (Å²) in [6, 6.07) is 0. The van der Waals surface area contributed by atoms with E-state index < -0.39 is 4.83 Å². The molecule has 0 saturated heterocycles. The van der Waals surface area contributed by atoms with Crippen molar-refractivity contribution in [3.05, 3.63) is 0 Å². The lowest BCUT2D eigenvalue weighted by Gasteiger charge is -2.24. The van der Waals surface area contributed by atoms with E-state index in [1.165, 1.54) is 7.11 Å². The number of hydrogen-bond acceptors (Lipinski definition) is 4. The Labute approximate surface area is 111 Å². The summed E-state index contributed by atoms with van der Waals surface area (Å²) in [5.41, 5.74) is 0. The topological polar surface area (TPSA) is 49.9 Å². The fourth-order valence-corrected chi connectivity index (χ4v) is 1.91. The molecule has 0 saturated carbocycles. The highest BCUT2D eigenvalue weighted by molar-refractivity contribution is 9.10. The first-order valence-electron chi connectivity index (χ1n) is 5.56. The number of nitrogens with zero attached hydrogens (tertiary/aromatic N) is 2. The molecule has 0 aliphatic carbocycles. The van der Waals surface area contributed by atoms with Crippen LogP contribution >= 0.6 is 15.9 Å². The molecular weight excluding hydrogens is 288 g/mol. The minimum atomic E-state index is -0.394. The fraction of sp³-hybridized carbons (Fsp3) is 0.818. The molecule has 6 heteroatoms. The molecule has 0 aromatic heterocycles. The maximum Gasteiger partial charge on any atom is 0.320 e. The first-order valence-corrected chi connectivity index (χ1v) is 6.48. The number of hydrogen-bond donors (Lipinski definition) is 0. The van der Waals surface area contributed by atoms with Gasteiger partial charge in [0.1, 0.15) is 4.83 Å². The van der Waals surface area contributed by atoms with Crippen molar-refractivity contribution >= 4 is 27.8 Å². The highest BCUT2D eigenvalue weighted by Gasteiger charge is 2.20. The van der Waals surface area contributed by atoms with Gasteiger partial charge < -0.3 is 9.64 Å². The molecule has 0 spiro atoms. The largest absolute Gasteiger partial charge is 0.468 e. The van der Waals surface area contributed by atoms with Gasteiger partial charge >= 0.3 is 5.97 Å². The van der Waals surface area contributed by atoms with Gasteiger partial charge in [-0.05, 0) is 13.0 Å². The van der Waals surface area contributed by atoms with Gasteiger partial charge in [0, 0.05) is 20.6 Å². The van der Waals surface area contributed by atoms with E-state index in [-0.39, 0.29) is 11.9 Å². The van der Waals surface area contributed by atoms with Gasteiger partial charge in [-0.15, -0.1) is 0 Å². The Morgan fingerprint density at radius 3 is 2.35 bits per heavy atom. The van der Waals surface area contributed by atoms with Gasteiger partial charge in [-0.2, -0.15) is 0 Å². The van der Waals surface area contributed by atoms with E-state index >= 15 is 0 Å². The number of rotatable bonds is 7. The second-order valence-corrected chi connectivity index (χ2v) is 5.12. The molecule has 0 fully saturated rings. The Balaban J connectivity index is 4.32. The van der Waals surface area contributed by atoms with Crippen molar-refractivity contribution in [1.82, 2.24) is 9.80 Å². The standard InChI is InChI=1S/C11H21BrN2O3/c1-5-6-14(8-10(15)13(2)3)7-9(12)11(16)17-4/h9H,5-8H2,1-4H3. The van der Waals surface area contributed by atoms with Crippen molar-refractivity contribution in [1.29, 1.82) is 0 Å². The van der Waals surface area contributed by atoms with Crippen molar-refractivity contribution in [3.63, 3.8) is 0 Å². The van der Waals surface area contributed by atoms with E-state index in [0.717, 1.165) is 13.0 Å². The van der Waals surface area contributed by atoms with Crippen LogP contribution in [0.5, 0.6) is 0 Å². The number of likely N-dealkylation sites (N-methyl/N-ethyl adjacent to an activating group) is 1. The fourth-order valence-electron chi connectivity index (χ4n) is 1.31. The van der Waals surface area contributed by atoms with Crippen LogP contribution in [0.3, 0.4) is 0 Å². The lowest BCUT2D eigenvalue weighted by Crippen LogP contribution is -2.41. The summed E-state index contributed by atoms with van der Waals surface area (Å²) in [6.45, 7) is 3.60. The molecule has 100 valence electrons. The van der Waals surface area contributed by atoms with E-state index in [9.17, 15) is 9.59 Å². The van der Waals surface area contributed by atoms with Crippen LogP contribution in [0.15, 0.2) is 0 Å². The van der Waals surface area contributed by atoms with Crippen LogP contribution in [0, 0.1) is 0 Å². The van der Waals surface area contributed by atoms with Crippen molar-refractivity contribution < 1.29 is 14.3 Å². The molecule has 17 heavy (non-hydrogen) atoms. The third-order valence-corrected chi connectivity index (χ3v) is 2.94. The normalized spacial score (nSPS) is 12.4. The number of halogens is 1. The first-order chi connectivity index (χ1) is 7.92. The summed E-state index contributed by atoms with van der Waals surface area (Å²) in [5.74, 6) is -0.286. The van der Waals surface area contributed by atoms with Gasteiger partial charge in [0.05, 0.1) is 13.7 Å². The minimum Gasteiger partial charge on any atom is -0.468 e. The maximum atomic E-state index is 11.6. The molecule has 1 atom stereocenters. The van der Waals surface area contributed by atoms with Crippen molar-refractivity contribution in [3.8, 4) is 0 Å². The highest BCUT2D eigenvalue weighted by Crippen LogP contribution is 2.06. The molecule has 0 rings (SSSR count). The number of carbonyl (C=O) groups excluding carboxylic acids is 2. The molecule has 0 heterocycles. The molecule has 0 aliphatic heterocycles. The molecule has 0 aromatic carbocycles. The summed E-state index contributed by atoms with van der Waals surface area (Å²) in [6.07, 6.45) is 0.932. The Kier molecular flexibility index (Phi) is 8.16. The molecule has 5 nitrogen and oxygen atoms in total. The van der Waals surface area contributed by atoms with Crippen LogP contribution < -0.4 is 0 Å². The number of esters is 1. The Morgan fingerprint density at radius 1 is 1.35 bits per heavy atom. The summed E-state index contributed by atoms with van der Waals surface area (Å²) < 4.78 is 4.64. The van der Waals surface area contributed by atoms with Gasteiger partial charge in [-0.1, -0.05) is 22.9 Å². The second-order valence-electron chi connectivity index (χ2n) is 4.01. The van der Waals surface area contributed by atoms with Crippen LogP contribution in [0.4, 0.5) is 0 Å². The van der Waals surface area contributed by atoms with Crippen LogP contribution in [0.2, 0.25) is 0 Å². The number of carbonyl (C=O) groups is 2. The van der Waals surface area contributed by atoms with E-state index in [2.05, 4.69) is 20.7 Å². The van der Waals surface area contributed by atoms with Gasteiger partial charge in [0.25, 0.3) is 0 Å². The molecule has 1 amide bonds. The molecule has 0 aromatic rings. The van der Waals surface area contributed by atoms with Gasteiger partial charge in [-0.25, -0.2) is 0 Å². The van der Waals surface area contributed by atoms with Gasteiger partial charge in [0.15, 0.2) is 0 Å². The number of methoxy groups -OCH3 is 1. The van der Waals surface area contributed by atoms with Gasteiger partial charge in [0.2, 0.25) is 5.91 Å². The predicted octanol–water partition coefficient (Wildman–Crippen LogP) is 0.723. The lowest BCUT2D eigenvalue weighted by molar-refractivity contribution is -0.140. The average Bonchev–Trinajstić information content (AvgIpc) is 2.27. The number of alkyl halides is 1. The molecule has 0 radical (unpaired) electrons. The monoisotopic (exact) mass is 308 g/mol. The summed E-state index contributed by atoms with van der Waals surface area (Å²) in [5, 5.41) is 0. The third kappa shape index (κ3) is 6.63. The van der Waals surface area contributed by atoms with Crippen LogP contribution in [0.1, 0.15) is 13.3 Å². The van der Waals surface area contributed by atoms with E-state index in [1.54, 1.807) is 19.0 Å². The van der Waals surface area contributed by atoms with Crippen molar-refractivity contribution in [2.24, 2.45) is 0 Å². The molecule has 0 bridgehead atoms. The van der Waals surface area contributed by atoms with E-state index in [4.69, 9.17) is 0 Å². The molecule has 0 aliphatic rings. The smallest absolute Gasteiger partial charge is 0.320 e. The van der Waals surface area contributed by atoms with Crippen molar-refractivity contribution in [2.75, 3.05) is 40.8 Å². The Bertz CT molecular complexity index is 259. The molecule has 1 unspecified atom stereocenters. The lowest BCUT2D eigenvalue weighted by atomic mass is 10.3. The number of ether oxygens (including phenoxy) is 1. The highest BCUT2D eigenvalue weighted by atomic mass is 79.9. The zero-order valence-corrected chi connectivity index (χ0v) is 12.5. The van der Waals surface area contributed by atoms with Crippen LogP contribution in [0.25, 0.3) is 0 Å². The number of amides is 1. The quantitative estimate of drug-likeness (QED) is 0.514. The van der Waals surface area contributed by atoms with Crippen LogP contribution in [-0.2, 0) is 14.3 Å². The van der Waals surface area contributed by atoms with Crippen LogP contribution in [-0.4, -0.2) is 67.3 Å². The molecule has 0 N–H and O–H groups in total. The van der Waals surface area contributed by atoms with E-state index in [1.807, 2.05) is 11.8 Å². The Morgan fingerprint density at radius 2 is 1.94 bits per heavy atom. The SMILES string of the molecule is CCCN(CC(=O)N(C)C)CC(Br)C(=O)OC. The summed E-state index contributed by atoms with van der Waals surface area (Å²) in [4.78, 5) is 26.0. The third-order valence-electron chi connectivity index (χ3n) is 2.27. The summed E-state index contributed by atoms with van der Waals surface area (Å²) in [7, 11) is 4.79. The first kappa shape index (κ1) is 16.4. The minimum absolute atomic E-state index is 0.0306.